The predicted octanol–water partition coefficient (Wildman–Crippen LogP) is 1.50. The third-order valence-corrected chi connectivity index (χ3v) is 2.28. The van der Waals surface area contributed by atoms with Crippen LogP contribution in [0.2, 0.25) is 0 Å². The number of hydrogen-bond acceptors (Lipinski definition) is 2. The molecule has 1 aliphatic rings. The molecule has 0 spiro atoms. The Kier molecular flexibility index (Phi) is 3.35. The summed E-state index contributed by atoms with van der Waals surface area (Å²) in [5.41, 5.74) is 8.35. The Morgan fingerprint density at radius 2 is 2.08 bits per heavy atom. The van der Waals surface area contributed by atoms with Gasteiger partial charge in [-0.2, -0.15) is 0 Å². The van der Waals surface area contributed by atoms with Crippen molar-refractivity contribution >= 4 is 0 Å². The molecule has 1 rings (SSSR count). The van der Waals surface area contributed by atoms with Crippen molar-refractivity contribution in [2.24, 2.45) is 5.73 Å². The molecule has 0 bridgehead atoms. The van der Waals surface area contributed by atoms with Crippen LogP contribution in [0.1, 0.15) is 19.3 Å². The van der Waals surface area contributed by atoms with Crippen molar-refractivity contribution in [3.8, 4) is 0 Å². The molecule has 0 aliphatic heterocycles. The standard InChI is InChI=1S/C10H18N2/c1-12(2)10-5-3-4-9(8-11)6-7-10/h6-7H,3-5,8,11H2,1-2H3. The van der Waals surface area contributed by atoms with Crippen LogP contribution in [0.15, 0.2) is 23.4 Å². The van der Waals surface area contributed by atoms with Gasteiger partial charge in [-0.25, -0.2) is 0 Å². The Hall–Kier alpha value is -0.760. The lowest BCUT2D eigenvalue weighted by Crippen LogP contribution is -2.10. The number of rotatable bonds is 2. The summed E-state index contributed by atoms with van der Waals surface area (Å²) in [4.78, 5) is 2.18. The maximum atomic E-state index is 5.58. The summed E-state index contributed by atoms with van der Waals surface area (Å²) < 4.78 is 0. The van der Waals surface area contributed by atoms with Gasteiger partial charge in [-0.05, 0) is 25.3 Å². The minimum atomic E-state index is 0.706. The molecule has 0 aromatic heterocycles. The Balaban J connectivity index is 2.66. The summed E-state index contributed by atoms with van der Waals surface area (Å²) in [6.07, 6.45) is 7.92. The van der Waals surface area contributed by atoms with Gasteiger partial charge in [0.15, 0.2) is 0 Å². The second-order valence-corrected chi connectivity index (χ2v) is 3.44. The molecule has 2 heteroatoms. The highest BCUT2D eigenvalue weighted by Gasteiger charge is 2.04. The number of nitrogens with two attached hydrogens (primary N) is 1. The SMILES string of the molecule is CN(C)C1=CC=C(CN)CCC1. The van der Waals surface area contributed by atoms with E-state index in [2.05, 4.69) is 31.1 Å². The Bertz CT molecular complexity index is 202. The maximum absolute atomic E-state index is 5.58. The van der Waals surface area contributed by atoms with Gasteiger partial charge < -0.3 is 10.6 Å². The third-order valence-electron chi connectivity index (χ3n) is 2.28. The lowest BCUT2D eigenvalue weighted by Gasteiger charge is -2.15. The average Bonchev–Trinajstić information content (AvgIpc) is 2.28. The molecule has 2 N–H and O–H groups in total. The van der Waals surface area contributed by atoms with Crippen molar-refractivity contribution in [1.82, 2.24) is 4.90 Å². The highest BCUT2D eigenvalue weighted by atomic mass is 15.1. The van der Waals surface area contributed by atoms with Gasteiger partial charge in [0.05, 0.1) is 0 Å². The quantitative estimate of drug-likeness (QED) is 0.673. The summed E-state index contributed by atoms with van der Waals surface area (Å²) in [5, 5.41) is 0. The van der Waals surface area contributed by atoms with Crippen molar-refractivity contribution in [3.63, 3.8) is 0 Å². The van der Waals surface area contributed by atoms with Crippen LogP contribution in [-0.2, 0) is 0 Å². The van der Waals surface area contributed by atoms with Crippen LogP contribution in [0.25, 0.3) is 0 Å². The van der Waals surface area contributed by atoms with E-state index in [0.29, 0.717) is 6.54 Å². The number of allylic oxidation sites excluding steroid dienone is 3. The van der Waals surface area contributed by atoms with Crippen LogP contribution in [0.4, 0.5) is 0 Å². The van der Waals surface area contributed by atoms with Crippen LogP contribution >= 0.6 is 0 Å². The van der Waals surface area contributed by atoms with Crippen LogP contribution in [0.3, 0.4) is 0 Å². The molecule has 0 saturated carbocycles. The monoisotopic (exact) mass is 166 g/mol. The van der Waals surface area contributed by atoms with Gasteiger partial charge in [0.25, 0.3) is 0 Å². The average molecular weight is 166 g/mol. The Labute approximate surface area is 74.7 Å². The van der Waals surface area contributed by atoms with Crippen molar-refractivity contribution < 1.29 is 0 Å². The normalized spacial score (nSPS) is 17.9. The van der Waals surface area contributed by atoms with E-state index < -0.39 is 0 Å². The summed E-state index contributed by atoms with van der Waals surface area (Å²) in [6, 6.07) is 0. The highest BCUT2D eigenvalue weighted by molar-refractivity contribution is 5.20. The first-order valence-corrected chi connectivity index (χ1v) is 4.50. The zero-order valence-electron chi connectivity index (χ0n) is 8.01. The van der Waals surface area contributed by atoms with E-state index in [4.69, 9.17) is 5.73 Å². The molecule has 68 valence electrons. The van der Waals surface area contributed by atoms with Gasteiger partial charge in [0.2, 0.25) is 0 Å². The molecule has 0 amide bonds. The predicted molar refractivity (Wildman–Crippen MR) is 52.8 cm³/mol. The van der Waals surface area contributed by atoms with Gasteiger partial charge in [-0.15, -0.1) is 0 Å². The summed E-state index contributed by atoms with van der Waals surface area (Å²) in [7, 11) is 4.18. The number of hydrogen-bond donors (Lipinski definition) is 1. The fourth-order valence-corrected chi connectivity index (χ4v) is 1.42. The lowest BCUT2D eigenvalue weighted by atomic mass is 10.1. The molecule has 0 saturated heterocycles. The van der Waals surface area contributed by atoms with E-state index in [1.54, 1.807) is 0 Å². The van der Waals surface area contributed by atoms with Gasteiger partial charge in [0, 0.05) is 26.3 Å². The van der Waals surface area contributed by atoms with Gasteiger partial charge in [0.1, 0.15) is 0 Å². The first kappa shape index (κ1) is 9.33. The summed E-state index contributed by atoms with van der Waals surface area (Å²) >= 11 is 0. The van der Waals surface area contributed by atoms with Gasteiger partial charge >= 0.3 is 0 Å². The van der Waals surface area contributed by atoms with Gasteiger partial charge in [-0.3, -0.25) is 0 Å². The maximum Gasteiger partial charge on any atom is 0.0139 e. The molecule has 1 aliphatic carbocycles. The first-order valence-electron chi connectivity index (χ1n) is 4.50. The number of nitrogens with zero attached hydrogens (tertiary/aromatic N) is 1. The molecule has 0 unspecified atom stereocenters. The topological polar surface area (TPSA) is 29.3 Å². The zero-order valence-corrected chi connectivity index (χ0v) is 8.01. The molecule has 0 radical (unpaired) electrons. The minimum absolute atomic E-state index is 0.706. The highest BCUT2D eigenvalue weighted by Crippen LogP contribution is 2.17. The molecule has 0 heterocycles. The second-order valence-electron chi connectivity index (χ2n) is 3.44. The molecular formula is C10H18N2. The van der Waals surface area contributed by atoms with Crippen LogP contribution in [0.5, 0.6) is 0 Å². The van der Waals surface area contributed by atoms with E-state index in [1.165, 1.54) is 24.1 Å². The third kappa shape index (κ3) is 2.38. The van der Waals surface area contributed by atoms with Gasteiger partial charge in [-0.1, -0.05) is 11.6 Å². The largest absolute Gasteiger partial charge is 0.381 e. The van der Waals surface area contributed by atoms with Crippen LogP contribution < -0.4 is 5.73 Å². The summed E-state index contributed by atoms with van der Waals surface area (Å²) in [6.45, 7) is 0.706. The molecule has 0 atom stereocenters. The van der Waals surface area contributed by atoms with E-state index >= 15 is 0 Å². The zero-order chi connectivity index (χ0) is 8.97. The minimum Gasteiger partial charge on any atom is -0.381 e. The van der Waals surface area contributed by atoms with Crippen LogP contribution in [0, 0.1) is 0 Å². The van der Waals surface area contributed by atoms with E-state index in [-0.39, 0.29) is 0 Å². The second kappa shape index (κ2) is 4.31. The van der Waals surface area contributed by atoms with Crippen molar-refractivity contribution in [2.75, 3.05) is 20.6 Å². The fourth-order valence-electron chi connectivity index (χ4n) is 1.42. The van der Waals surface area contributed by atoms with Crippen molar-refractivity contribution in [1.29, 1.82) is 0 Å². The first-order chi connectivity index (χ1) is 5.74. The van der Waals surface area contributed by atoms with E-state index in [0.717, 1.165) is 6.42 Å². The van der Waals surface area contributed by atoms with E-state index in [1.807, 2.05) is 0 Å². The smallest absolute Gasteiger partial charge is 0.0139 e. The lowest BCUT2D eigenvalue weighted by molar-refractivity contribution is 0.482. The Morgan fingerprint density at radius 1 is 1.33 bits per heavy atom. The molecular weight excluding hydrogens is 148 g/mol. The van der Waals surface area contributed by atoms with Crippen LogP contribution in [-0.4, -0.2) is 25.5 Å². The van der Waals surface area contributed by atoms with E-state index in [9.17, 15) is 0 Å². The van der Waals surface area contributed by atoms with Crippen molar-refractivity contribution in [3.05, 3.63) is 23.4 Å². The molecule has 12 heavy (non-hydrogen) atoms. The molecule has 0 aromatic carbocycles. The Morgan fingerprint density at radius 3 is 2.67 bits per heavy atom. The molecule has 0 fully saturated rings. The fraction of sp³-hybridized carbons (Fsp3) is 0.600. The van der Waals surface area contributed by atoms with Crippen molar-refractivity contribution in [2.45, 2.75) is 19.3 Å². The summed E-state index contributed by atoms with van der Waals surface area (Å²) in [5.74, 6) is 0. The molecule has 2 nitrogen and oxygen atoms in total. The molecule has 0 aromatic rings.